The molecule has 2 aromatic rings. The summed E-state index contributed by atoms with van der Waals surface area (Å²) in [4.78, 5) is 18.4. The van der Waals surface area contributed by atoms with Crippen LogP contribution in [0.5, 0.6) is 11.5 Å². The molecule has 1 fully saturated rings. The number of morpholine rings is 1. The minimum absolute atomic E-state index is 0.0533. The molecular weight excluding hydrogens is 362 g/mol. The van der Waals surface area contributed by atoms with E-state index in [1.54, 1.807) is 24.4 Å². The molecule has 4 rings (SSSR count). The van der Waals surface area contributed by atoms with Crippen LogP contribution in [0.15, 0.2) is 36.7 Å². The van der Waals surface area contributed by atoms with Gasteiger partial charge in [0.05, 0.1) is 19.3 Å². The summed E-state index contributed by atoms with van der Waals surface area (Å²) in [5, 5.41) is 3.41. The third-order valence-corrected chi connectivity index (χ3v) is 4.77. The Kier molecular flexibility index (Phi) is 5.59. The maximum Gasteiger partial charge on any atom is 0.249 e. The Labute approximate surface area is 163 Å². The number of nitrogens with one attached hydrogen (secondary N) is 1. The van der Waals surface area contributed by atoms with Gasteiger partial charge in [-0.1, -0.05) is 0 Å². The first kappa shape index (κ1) is 18.5. The van der Waals surface area contributed by atoms with Crippen LogP contribution in [0.4, 0.5) is 11.4 Å². The number of hydrogen-bond donors (Lipinski definition) is 1. The van der Waals surface area contributed by atoms with Crippen LogP contribution in [-0.4, -0.2) is 62.5 Å². The molecule has 1 amide bonds. The summed E-state index contributed by atoms with van der Waals surface area (Å²) in [6.45, 7) is 2.56. The molecule has 2 aliphatic heterocycles. The normalized spacial score (nSPS) is 18.8. The van der Waals surface area contributed by atoms with Gasteiger partial charge in [-0.05, 0) is 18.2 Å². The van der Waals surface area contributed by atoms with Crippen LogP contribution >= 0.6 is 0 Å². The van der Waals surface area contributed by atoms with Gasteiger partial charge in [0.1, 0.15) is 19.8 Å². The molecule has 0 saturated carbocycles. The Morgan fingerprint density at radius 1 is 1.25 bits per heavy atom. The third-order valence-electron chi connectivity index (χ3n) is 4.77. The Bertz CT molecular complexity index is 844. The van der Waals surface area contributed by atoms with Gasteiger partial charge in [-0.15, -0.1) is 0 Å². The SMILES string of the molecule is COCCN1C(=O)COCC1c1cnccc1Nc1ccc2c(c1)OCCO2. The number of carbonyl (C=O) groups excluding carboxylic acids is 1. The number of aromatic nitrogens is 1. The maximum absolute atomic E-state index is 12.4. The Morgan fingerprint density at radius 3 is 2.96 bits per heavy atom. The van der Waals surface area contributed by atoms with E-state index in [0.29, 0.717) is 38.7 Å². The van der Waals surface area contributed by atoms with E-state index in [-0.39, 0.29) is 18.6 Å². The second kappa shape index (κ2) is 8.45. The molecule has 2 aliphatic rings. The number of rotatable bonds is 6. The minimum atomic E-state index is -0.232. The second-order valence-corrected chi connectivity index (χ2v) is 6.56. The van der Waals surface area contributed by atoms with Gasteiger partial charge in [0.2, 0.25) is 5.91 Å². The quantitative estimate of drug-likeness (QED) is 0.816. The van der Waals surface area contributed by atoms with E-state index in [0.717, 1.165) is 22.7 Å². The molecule has 1 N–H and O–H groups in total. The monoisotopic (exact) mass is 385 g/mol. The molecule has 1 aromatic carbocycles. The molecule has 1 unspecified atom stereocenters. The van der Waals surface area contributed by atoms with Crippen molar-refractivity contribution in [2.75, 3.05) is 52.0 Å². The largest absolute Gasteiger partial charge is 0.486 e. The molecule has 8 heteroatoms. The van der Waals surface area contributed by atoms with Crippen LogP contribution in [0.25, 0.3) is 0 Å². The number of amides is 1. The van der Waals surface area contributed by atoms with Gasteiger partial charge < -0.3 is 29.2 Å². The number of fused-ring (bicyclic) bond motifs is 1. The third kappa shape index (κ3) is 3.88. The van der Waals surface area contributed by atoms with E-state index < -0.39 is 0 Å². The molecule has 28 heavy (non-hydrogen) atoms. The number of benzene rings is 1. The predicted molar refractivity (Wildman–Crippen MR) is 102 cm³/mol. The van der Waals surface area contributed by atoms with Crippen molar-refractivity contribution in [1.82, 2.24) is 9.88 Å². The average Bonchev–Trinajstić information content (AvgIpc) is 2.73. The van der Waals surface area contributed by atoms with Crippen LogP contribution < -0.4 is 14.8 Å². The molecule has 148 valence electrons. The van der Waals surface area contributed by atoms with Crippen molar-refractivity contribution in [2.45, 2.75) is 6.04 Å². The van der Waals surface area contributed by atoms with E-state index in [4.69, 9.17) is 18.9 Å². The van der Waals surface area contributed by atoms with Gasteiger partial charge in [0.15, 0.2) is 11.5 Å². The second-order valence-electron chi connectivity index (χ2n) is 6.56. The van der Waals surface area contributed by atoms with Gasteiger partial charge in [0.25, 0.3) is 0 Å². The molecule has 0 radical (unpaired) electrons. The average molecular weight is 385 g/mol. The fourth-order valence-electron chi connectivity index (χ4n) is 3.40. The Balaban J connectivity index is 1.60. The van der Waals surface area contributed by atoms with Crippen LogP contribution in [0.3, 0.4) is 0 Å². The van der Waals surface area contributed by atoms with Gasteiger partial charge in [-0.25, -0.2) is 0 Å². The van der Waals surface area contributed by atoms with Crippen LogP contribution in [-0.2, 0) is 14.3 Å². The van der Waals surface area contributed by atoms with Crippen molar-refractivity contribution in [2.24, 2.45) is 0 Å². The van der Waals surface area contributed by atoms with Gasteiger partial charge in [-0.3, -0.25) is 9.78 Å². The molecule has 1 aromatic heterocycles. The maximum atomic E-state index is 12.4. The van der Waals surface area contributed by atoms with Crippen molar-refractivity contribution >= 4 is 17.3 Å². The van der Waals surface area contributed by atoms with E-state index in [1.165, 1.54) is 0 Å². The molecule has 0 bridgehead atoms. The summed E-state index contributed by atoms with van der Waals surface area (Å²) in [5.41, 5.74) is 2.61. The minimum Gasteiger partial charge on any atom is -0.486 e. The molecule has 1 atom stereocenters. The van der Waals surface area contributed by atoms with E-state index in [1.807, 2.05) is 24.3 Å². The molecule has 8 nitrogen and oxygen atoms in total. The molecule has 3 heterocycles. The fourth-order valence-corrected chi connectivity index (χ4v) is 3.40. The predicted octanol–water partition coefficient (Wildman–Crippen LogP) is 2.14. The van der Waals surface area contributed by atoms with E-state index in [9.17, 15) is 4.79 Å². The van der Waals surface area contributed by atoms with Crippen LogP contribution in [0.2, 0.25) is 0 Å². The summed E-state index contributed by atoms with van der Waals surface area (Å²) in [6.07, 6.45) is 3.49. The highest BCUT2D eigenvalue weighted by Crippen LogP contribution is 2.36. The Morgan fingerprint density at radius 2 is 2.11 bits per heavy atom. The lowest BCUT2D eigenvalue weighted by Crippen LogP contribution is -2.45. The number of nitrogens with zero attached hydrogens (tertiary/aromatic N) is 2. The standard InChI is InChI=1S/C20H23N3O5/c1-25-7-6-23-17(12-26-13-20(23)24)15-11-21-5-4-16(15)22-14-2-3-18-19(10-14)28-9-8-27-18/h2-5,10-11,17H,6-9,12-13H2,1H3,(H,21,22). The van der Waals surface area contributed by atoms with E-state index >= 15 is 0 Å². The summed E-state index contributed by atoms with van der Waals surface area (Å²) in [6, 6.07) is 7.38. The molecule has 1 saturated heterocycles. The van der Waals surface area contributed by atoms with Gasteiger partial charge in [0, 0.05) is 49.1 Å². The highest BCUT2D eigenvalue weighted by Gasteiger charge is 2.31. The first-order valence-electron chi connectivity index (χ1n) is 9.23. The number of carbonyl (C=O) groups is 1. The zero-order chi connectivity index (χ0) is 19.3. The topological polar surface area (TPSA) is 82.2 Å². The highest BCUT2D eigenvalue weighted by atomic mass is 16.6. The summed E-state index contributed by atoms with van der Waals surface area (Å²) < 4.78 is 21.9. The Hall–Kier alpha value is -2.84. The number of hydrogen-bond acceptors (Lipinski definition) is 7. The number of ether oxygens (including phenoxy) is 4. The first-order valence-corrected chi connectivity index (χ1v) is 9.23. The lowest BCUT2D eigenvalue weighted by molar-refractivity contribution is -0.149. The number of anilines is 2. The zero-order valence-corrected chi connectivity index (χ0v) is 15.7. The van der Waals surface area contributed by atoms with Crippen molar-refractivity contribution in [3.05, 3.63) is 42.2 Å². The summed E-state index contributed by atoms with van der Waals surface area (Å²) >= 11 is 0. The zero-order valence-electron chi connectivity index (χ0n) is 15.7. The van der Waals surface area contributed by atoms with Crippen LogP contribution in [0.1, 0.15) is 11.6 Å². The number of methoxy groups -OCH3 is 1. The smallest absolute Gasteiger partial charge is 0.249 e. The van der Waals surface area contributed by atoms with Crippen molar-refractivity contribution in [3.8, 4) is 11.5 Å². The lowest BCUT2D eigenvalue weighted by atomic mass is 10.0. The lowest BCUT2D eigenvalue weighted by Gasteiger charge is -2.36. The van der Waals surface area contributed by atoms with Gasteiger partial charge in [-0.2, -0.15) is 0 Å². The summed E-state index contributed by atoms with van der Waals surface area (Å²) in [7, 11) is 1.62. The van der Waals surface area contributed by atoms with Crippen LogP contribution in [0, 0.1) is 0 Å². The fraction of sp³-hybridized carbons (Fsp3) is 0.400. The molecule has 0 aliphatic carbocycles. The van der Waals surface area contributed by atoms with Gasteiger partial charge >= 0.3 is 0 Å². The van der Waals surface area contributed by atoms with Crippen molar-refractivity contribution < 1.29 is 23.7 Å². The molecule has 0 spiro atoms. The highest BCUT2D eigenvalue weighted by molar-refractivity contribution is 5.79. The van der Waals surface area contributed by atoms with E-state index in [2.05, 4.69) is 10.3 Å². The van der Waals surface area contributed by atoms with Crippen molar-refractivity contribution in [1.29, 1.82) is 0 Å². The first-order chi connectivity index (χ1) is 13.8. The number of pyridine rings is 1. The van der Waals surface area contributed by atoms with Crippen molar-refractivity contribution in [3.63, 3.8) is 0 Å². The summed E-state index contributed by atoms with van der Waals surface area (Å²) in [5.74, 6) is 1.40. The molecular formula is C20H23N3O5.